The van der Waals surface area contributed by atoms with Crippen molar-refractivity contribution in [1.29, 1.82) is 0 Å². The van der Waals surface area contributed by atoms with Gasteiger partial charge in [-0.05, 0) is 68.9 Å². The Hall–Kier alpha value is -4.19. The van der Waals surface area contributed by atoms with E-state index in [1.165, 1.54) is 13.0 Å². The summed E-state index contributed by atoms with van der Waals surface area (Å²) in [7, 11) is 3.82. The lowest BCUT2D eigenvalue weighted by atomic mass is 9.92. The zero-order chi connectivity index (χ0) is 31.9. The fourth-order valence-electron chi connectivity index (χ4n) is 5.87. The van der Waals surface area contributed by atoms with Gasteiger partial charge in [0.25, 0.3) is 0 Å². The number of carbonyl (C=O) groups excluding carboxylic acids is 1. The van der Waals surface area contributed by atoms with Crippen molar-refractivity contribution in [3.05, 3.63) is 53.8 Å². The van der Waals surface area contributed by atoms with E-state index < -0.39 is 23.1 Å². The topological polar surface area (TPSA) is 82.0 Å². The lowest BCUT2D eigenvalue weighted by Gasteiger charge is -2.44. The smallest absolute Gasteiger partial charge is 0.417 e. The minimum Gasteiger partial charge on any atom is -0.508 e. The van der Waals surface area contributed by atoms with E-state index >= 15 is 4.39 Å². The number of fused-ring (bicyclic) bond motifs is 2. The van der Waals surface area contributed by atoms with E-state index in [2.05, 4.69) is 9.97 Å². The van der Waals surface area contributed by atoms with Crippen molar-refractivity contribution in [2.75, 3.05) is 45.2 Å². The number of hydrogen-bond acceptors (Lipinski definition) is 7. The van der Waals surface area contributed by atoms with Gasteiger partial charge in [0.15, 0.2) is 5.82 Å². The first-order valence-corrected chi connectivity index (χ1v) is 14.4. The van der Waals surface area contributed by atoms with E-state index in [-0.39, 0.29) is 65.2 Å². The van der Waals surface area contributed by atoms with Gasteiger partial charge in [-0.25, -0.2) is 4.39 Å². The van der Waals surface area contributed by atoms with E-state index in [1.54, 1.807) is 34.1 Å². The first kappa shape index (κ1) is 31.2. The molecule has 1 aliphatic heterocycles. The van der Waals surface area contributed by atoms with Crippen LogP contribution in [-0.2, 0) is 11.0 Å². The summed E-state index contributed by atoms with van der Waals surface area (Å²) >= 11 is 0. The normalized spacial score (nSPS) is 17.6. The number of phenolic OH excluding ortho intramolecular Hbond substituents is 1. The molecule has 1 amide bonds. The van der Waals surface area contributed by atoms with Crippen LogP contribution in [0.15, 0.2) is 42.5 Å². The SMILES string of the molecule is CC(=O)N1C[C@H](C)N(c2nc(OCCCN(C)C)nc3c(F)c(-c4cc(O)cc5ccccc45)c(C(F)(F)F)cc23)C[C@H]1C. The summed E-state index contributed by atoms with van der Waals surface area (Å²) in [5, 5.41) is 11.1. The molecule has 234 valence electrons. The molecule has 0 radical (unpaired) electrons. The second-order valence-electron chi connectivity index (χ2n) is 11.6. The Bertz CT molecular complexity index is 1710. The van der Waals surface area contributed by atoms with E-state index in [0.29, 0.717) is 30.3 Å². The van der Waals surface area contributed by atoms with Crippen LogP contribution in [0.5, 0.6) is 11.8 Å². The van der Waals surface area contributed by atoms with Crippen LogP contribution in [0.25, 0.3) is 32.8 Å². The largest absolute Gasteiger partial charge is 0.508 e. The van der Waals surface area contributed by atoms with Gasteiger partial charge in [-0.3, -0.25) is 4.79 Å². The van der Waals surface area contributed by atoms with E-state index in [0.717, 1.165) is 12.1 Å². The molecule has 0 spiro atoms. The number of rotatable bonds is 7. The Morgan fingerprint density at radius 3 is 2.48 bits per heavy atom. The van der Waals surface area contributed by atoms with Crippen molar-refractivity contribution in [2.24, 2.45) is 0 Å². The highest BCUT2D eigenvalue weighted by molar-refractivity contribution is 6.02. The minimum absolute atomic E-state index is 0.0943. The molecule has 0 bridgehead atoms. The molecule has 1 aromatic heterocycles. The number of nitrogens with zero attached hydrogens (tertiary/aromatic N) is 5. The molecule has 1 N–H and O–H groups in total. The van der Waals surface area contributed by atoms with Crippen LogP contribution in [0.1, 0.15) is 32.8 Å². The first-order chi connectivity index (χ1) is 20.8. The average molecular weight is 614 g/mol. The number of piperazine rings is 1. The number of ether oxygens (including phenoxy) is 1. The van der Waals surface area contributed by atoms with Gasteiger partial charge in [0.1, 0.15) is 17.1 Å². The monoisotopic (exact) mass is 613 g/mol. The van der Waals surface area contributed by atoms with Crippen LogP contribution in [0.3, 0.4) is 0 Å². The molecule has 8 nitrogen and oxygen atoms in total. The lowest BCUT2D eigenvalue weighted by Crippen LogP contribution is -2.58. The van der Waals surface area contributed by atoms with E-state index in [9.17, 15) is 23.1 Å². The van der Waals surface area contributed by atoms with Gasteiger partial charge in [0, 0.05) is 49.6 Å². The first-order valence-electron chi connectivity index (χ1n) is 14.4. The zero-order valence-corrected chi connectivity index (χ0v) is 25.2. The van der Waals surface area contributed by atoms with E-state index in [4.69, 9.17) is 4.74 Å². The molecule has 1 aliphatic rings. The predicted molar refractivity (Wildman–Crippen MR) is 161 cm³/mol. The van der Waals surface area contributed by atoms with Gasteiger partial charge < -0.3 is 24.5 Å². The number of alkyl halides is 3. The lowest BCUT2D eigenvalue weighted by molar-refractivity contribution is -0.137. The molecule has 3 aromatic carbocycles. The molecule has 0 saturated carbocycles. The molecule has 12 heteroatoms. The number of benzene rings is 3. The van der Waals surface area contributed by atoms with Crippen LogP contribution in [0.2, 0.25) is 0 Å². The Morgan fingerprint density at radius 1 is 1.07 bits per heavy atom. The quantitative estimate of drug-likeness (QED) is 0.200. The Labute approximate surface area is 252 Å². The van der Waals surface area contributed by atoms with Crippen molar-refractivity contribution in [1.82, 2.24) is 19.8 Å². The second kappa shape index (κ2) is 12.1. The van der Waals surface area contributed by atoms with Gasteiger partial charge in [0.2, 0.25) is 5.91 Å². The summed E-state index contributed by atoms with van der Waals surface area (Å²) in [6, 6.07) is 9.17. The average Bonchev–Trinajstić information content (AvgIpc) is 2.95. The van der Waals surface area contributed by atoms with Crippen molar-refractivity contribution < 1.29 is 32.2 Å². The minimum atomic E-state index is -4.96. The van der Waals surface area contributed by atoms with Crippen LogP contribution < -0.4 is 9.64 Å². The summed E-state index contributed by atoms with van der Waals surface area (Å²) in [4.78, 5) is 26.5. The van der Waals surface area contributed by atoms with E-state index in [1.807, 2.05) is 32.8 Å². The van der Waals surface area contributed by atoms with Gasteiger partial charge in [-0.2, -0.15) is 23.1 Å². The molecule has 1 saturated heterocycles. The van der Waals surface area contributed by atoms with Gasteiger partial charge in [-0.1, -0.05) is 24.3 Å². The molecule has 0 aliphatic carbocycles. The van der Waals surface area contributed by atoms with Gasteiger partial charge in [0.05, 0.1) is 12.2 Å². The molecule has 0 unspecified atom stereocenters. The maximum Gasteiger partial charge on any atom is 0.417 e. The number of aromatic hydroxyl groups is 1. The van der Waals surface area contributed by atoms with Crippen LogP contribution >= 0.6 is 0 Å². The third-order valence-electron chi connectivity index (χ3n) is 7.96. The number of hydrogen-bond donors (Lipinski definition) is 1. The van der Waals surface area contributed by atoms with Crippen LogP contribution in [0.4, 0.5) is 23.4 Å². The van der Waals surface area contributed by atoms with Crippen molar-refractivity contribution in [3.63, 3.8) is 0 Å². The summed E-state index contributed by atoms with van der Waals surface area (Å²) in [5.41, 5.74) is -2.38. The Morgan fingerprint density at radius 2 is 1.80 bits per heavy atom. The molecular formula is C32H35F4N5O3. The summed E-state index contributed by atoms with van der Waals surface area (Å²) in [6.45, 7) is 6.63. The third kappa shape index (κ3) is 6.08. The van der Waals surface area contributed by atoms with Crippen molar-refractivity contribution in [2.45, 2.75) is 45.5 Å². The fourth-order valence-corrected chi connectivity index (χ4v) is 5.87. The number of amides is 1. The van der Waals surface area contributed by atoms with Crippen LogP contribution in [0, 0.1) is 5.82 Å². The molecule has 4 aromatic rings. The number of aromatic nitrogens is 2. The standard InChI is InChI=1S/C32H35F4N5O3/c1-18-17-41(19(2)16-40(18)20(3)42)30-25-15-26(32(34,35)36)27(24-14-22(43)13-21-9-6-7-10-23(21)24)28(33)29(25)37-31(38-30)44-12-8-11-39(4)5/h6-7,9-10,13-15,18-19,43H,8,11-12,16-17H2,1-5H3/t18-,19+/m1/s1. The Balaban J connectivity index is 1.77. The number of halogens is 4. The maximum absolute atomic E-state index is 16.8. The van der Waals surface area contributed by atoms with Gasteiger partial charge in [-0.15, -0.1) is 0 Å². The molecule has 2 atom stereocenters. The number of carbonyl (C=O) groups is 1. The summed E-state index contributed by atoms with van der Waals surface area (Å²) in [5.74, 6) is -1.52. The Kier molecular flexibility index (Phi) is 8.57. The second-order valence-corrected chi connectivity index (χ2v) is 11.6. The highest BCUT2D eigenvalue weighted by Crippen LogP contribution is 2.46. The number of anilines is 1. The molecule has 5 rings (SSSR count). The van der Waals surface area contributed by atoms with Crippen LogP contribution in [-0.4, -0.2) is 83.2 Å². The van der Waals surface area contributed by atoms with Crippen molar-refractivity contribution >= 4 is 33.4 Å². The summed E-state index contributed by atoms with van der Waals surface area (Å²) in [6.07, 6.45) is -4.34. The maximum atomic E-state index is 16.8. The molecule has 2 heterocycles. The highest BCUT2D eigenvalue weighted by Gasteiger charge is 2.39. The number of phenols is 1. The predicted octanol–water partition coefficient (Wildman–Crippen LogP) is 6.09. The zero-order valence-electron chi connectivity index (χ0n) is 25.2. The van der Waals surface area contributed by atoms with Crippen molar-refractivity contribution in [3.8, 4) is 22.9 Å². The molecule has 1 fully saturated rings. The summed E-state index contributed by atoms with van der Waals surface area (Å²) < 4.78 is 67.0. The third-order valence-corrected chi connectivity index (χ3v) is 7.96. The molecule has 44 heavy (non-hydrogen) atoms. The molecular weight excluding hydrogens is 578 g/mol. The highest BCUT2D eigenvalue weighted by atomic mass is 19.4. The fraction of sp³-hybridized carbons (Fsp3) is 0.406. The van der Waals surface area contributed by atoms with Gasteiger partial charge >= 0.3 is 12.2 Å².